The molecule has 0 aromatic heterocycles. The molecule has 1 nitrogen and oxygen atoms in total. The van der Waals surface area contributed by atoms with Gasteiger partial charge in [-0.1, -0.05) is 24.3 Å². The van der Waals surface area contributed by atoms with Crippen molar-refractivity contribution in [1.82, 2.24) is 5.32 Å². The van der Waals surface area contributed by atoms with E-state index in [9.17, 15) is 8.78 Å². The van der Waals surface area contributed by atoms with E-state index in [1.807, 2.05) is 12.1 Å². The minimum Gasteiger partial charge on any atom is -0.315 e. The third kappa shape index (κ3) is 2.22. The summed E-state index contributed by atoms with van der Waals surface area (Å²) in [5, 5.41) is 3.27. The number of hydrogen-bond donors (Lipinski definition) is 1. The summed E-state index contributed by atoms with van der Waals surface area (Å²) in [6, 6.07) is 11.9. The SMILES string of the molecule is Cc1ccccc1C1(Cc2cc(F)ccc2F)CNC1. The molecule has 0 radical (unpaired) electrons. The first kappa shape index (κ1) is 13.3. The zero-order valence-electron chi connectivity index (χ0n) is 11.4. The Hall–Kier alpha value is -1.74. The van der Waals surface area contributed by atoms with Gasteiger partial charge < -0.3 is 5.32 Å². The molecule has 0 bridgehead atoms. The number of halogens is 2. The molecule has 1 N–H and O–H groups in total. The molecular weight excluding hydrogens is 256 g/mol. The molecule has 3 heteroatoms. The summed E-state index contributed by atoms with van der Waals surface area (Å²) in [5.74, 6) is -0.708. The second-order valence-electron chi connectivity index (χ2n) is 5.61. The Morgan fingerprint density at radius 1 is 1.10 bits per heavy atom. The van der Waals surface area contributed by atoms with Gasteiger partial charge in [-0.2, -0.15) is 0 Å². The molecule has 1 aliphatic heterocycles. The van der Waals surface area contributed by atoms with E-state index >= 15 is 0 Å². The van der Waals surface area contributed by atoms with Crippen molar-refractivity contribution < 1.29 is 8.78 Å². The number of hydrogen-bond acceptors (Lipinski definition) is 1. The molecule has 0 aliphatic carbocycles. The molecule has 104 valence electrons. The Morgan fingerprint density at radius 3 is 2.50 bits per heavy atom. The molecule has 0 spiro atoms. The topological polar surface area (TPSA) is 12.0 Å². The van der Waals surface area contributed by atoms with Gasteiger partial charge >= 0.3 is 0 Å². The molecule has 2 aromatic carbocycles. The second-order valence-corrected chi connectivity index (χ2v) is 5.61. The fraction of sp³-hybridized carbons (Fsp3) is 0.294. The molecule has 0 unspecified atom stereocenters. The summed E-state index contributed by atoms with van der Waals surface area (Å²) in [4.78, 5) is 0. The molecule has 1 heterocycles. The molecule has 1 aliphatic rings. The van der Waals surface area contributed by atoms with Crippen molar-refractivity contribution in [3.63, 3.8) is 0 Å². The quantitative estimate of drug-likeness (QED) is 0.904. The highest BCUT2D eigenvalue weighted by atomic mass is 19.1. The molecule has 0 amide bonds. The van der Waals surface area contributed by atoms with E-state index in [0.717, 1.165) is 19.2 Å². The van der Waals surface area contributed by atoms with Gasteiger partial charge in [0.2, 0.25) is 0 Å². The average molecular weight is 273 g/mol. The van der Waals surface area contributed by atoms with Gasteiger partial charge in [-0.15, -0.1) is 0 Å². The summed E-state index contributed by atoms with van der Waals surface area (Å²) in [6.07, 6.45) is 0.522. The second kappa shape index (κ2) is 4.98. The Bertz CT molecular complexity index is 633. The van der Waals surface area contributed by atoms with Crippen molar-refractivity contribution >= 4 is 0 Å². The van der Waals surface area contributed by atoms with Crippen LogP contribution in [0.25, 0.3) is 0 Å². The van der Waals surface area contributed by atoms with Crippen LogP contribution in [0.2, 0.25) is 0 Å². The number of benzene rings is 2. The van der Waals surface area contributed by atoms with Crippen molar-refractivity contribution in [2.24, 2.45) is 0 Å². The fourth-order valence-electron chi connectivity index (χ4n) is 3.05. The summed E-state index contributed by atoms with van der Waals surface area (Å²) >= 11 is 0. The number of nitrogens with one attached hydrogen (secondary N) is 1. The van der Waals surface area contributed by atoms with Gasteiger partial charge in [0.15, 0.2) is 0 Å². The Labute approximate surface area is 117 Å². The number of rotatable bonds is 3. The zero-order chi connectivity index (χ0) is 14.2. The first-order chi connectivity index (χ1) is 9.61. The van der Waals surface area contributed by atoms with Crippen molar-refractivity contribution in [2.45, 2.75) is 18.8 Å². The lowest BCUT2D eigenvalue weighted by atomic mass is 9.69. The third-order valence-corrected chi connectivity index (χ3v) is 4.18. The molecule has 2 aromatic rings. The van der Waals surface area contributed by atoms with Crippen LogP contribution in [0, 0.1) is 18.6 Å². The first-order valence-corrected chi connectivity index (χ1v) is 6.81. The maximum atomic E-state index is 13.9. The fourth-order valence-corrected chi connectivity index (χ4v) is 3.05. The van der Waals surface area contributed by atoms with E-state index in [1.54, 1.807) is 0 Å². The van der Waals surface area contributed by atoms with Crippen LogP contribution in [-0.2, 0) is 11.8 Å². The van der Waals surface area contributed by atoms with Crippen molar-refractivity contribution in [3.8, 4) is 0 Å². The summed E-state index contributed by atoms with van der Waals surface area (Å²) in [5.41, 5.74) is 2.75. The Kier molecular flexibility index (Phi) is 3.30. The third-order valence-electron chi connectivity index (χ3n) is 4.18. The molecule has 1 saturated heterocycles. The van der Waals surface area contributed by atoms with Gasteiger partial charge in [0.05, 0.1) is 0 Å². The lowest BCUT2D eigenvalue weighted by Crippen LogP contribution is -2.58. The predicted octanol–water partition coefficient (Wildman–Crippen LogP) is 3.36. The summed E-state index contributed by atoms with van der Waals surface area (Å²) in [7, 11) is 0. The normalized spacial score (nSPS) is 16.8. The minimum atomic E-state index is -0.381. The predicted molar refractivity (Wildman–Crippen MR) is 75.8 cm³/mol. The average Bonchev–Trinajstić information content (AvgIpc) is 2.39. The van der Waals surface area contributed by atoms with E-state index in [1.165, 1.54) is 23.3 Å². The van der Waals surface area contributed by atoms with Gasteiger partial charge in [0, 0.05) is 18.5 Å². The molecule has 1 fully saturated rings. The van der Waals surface area contributed by atoms with Gasteiger partial charge in [-0.25, -0.2) is 8.78 Å². The van der Waals surface area contributed by atoms with Crippen molar-refractivity contribution in [1.29, 1.82) is 0 Å². The van der Waals surface area contributed by atoms with Crippen molar-refractivity contribution in [3.05, 3.63) is 70.8 Å². The lowest BCUT2D eigenvalue weighted by molar-refractivity contribution is 0.270. The summed E-state index contributed by atoms with van der Waals surface area (Å²) < 4.78 is 27.2. The van der Waals surface area contributed by atoms with Crippen LogP contribution in [0.1, 0.15) is 16.7 Å². The van der Waals surface area contributed by atoms with Crippen LogP contribution >= 0.6 is 0 Å². The van der Waals surface area contributed by atoms with Crippen LogP contribution in [0.4, 0.5) is 8.78 Å². The van der Waals surface area contributed by atoms with E-state index in [4.69, 9.17) is 0 Å². The largest absolute Gasteiger partial charge is 0.315 e. The molecular formula is C17H17F2N. The van der Waals surface area contributed by atoms with Gasteiger partial charge in [-0.05, 0) is 48.2 Å². The van der Waals surface area contributed by atoms with E-state index in [-0.39, 0.29) is 17.0 Å². The summed E-state index contributed by atoms with van der Waals surface area (Å²) in [6.45, 7) is 3.67. The molecule has 0 atom stereocenters. The van der Waals surface area contributed by atoms with Gasteiger partial charge in [-0.3, -0.25) is 0 Å². The first-order valence-electron chi connectivity index (χ1n) is 6.81. The van der Waals surface area contributed by atoms with Gasteiger partial charge in [0.25, 0.3) is 0 Å². The zero-order valence-corrected chi connectivity index (χ0v) is 11.4. The lowest BCUT2D eigenvalue weighted by Gasteiger charge is -2.44. The highest BCUT2D eigenvalue weighted by Crippen LogP contribution is 2.35. The van der Waals surface area contributed by atoms with E-state index in [0.29, 0.717) is 12.0 Å². The van der Waals surface area contributed by atoms with Crippen LogP contribution < -0.4 is 5.32 Å². The Morgan fingerprint density at radius 2 is 1.85 bits per heavy atom. The molecule has 20 heavy (non-hydrogen) atoms. The number of aryl methyl sites for hydroxylation is 1. The van der Waals surface area contributed by atoms with Crippen LogP contribution in [-0.4, -0.2) is 13.1 Å². The monoisotopic (exact) mass is 273 g/mol. The Balaban J connectivity index is 1.98. The van der Waals surface area contributed by atoms with Gasteiger partial charge in [0.1, 0.15) is 11.6 Å². The standard InChI is InChI=1S/C17H17F2N/c1-12-4-2-3-5-15(12)17(10-20-11-17)9-13-8-14(18)6-7-16(13)19/h2-8,20H,9-11H2,1H3. The minimum absolute atomic E-state index is 0.125. The maximum absolute atomic E-state index is 13.9. The van der Waals surface area contributed by atoms with E-state index in [2.05, 4.69) is 24.4 Å². The van der Waals surface area contributed by atoms with Crippen LogP contribution in [0.5, 0.6) is 0 Å². The highest BCUT2D eigenvalue weighted by molar-refractivity contribution is 5.39. The highest BCUT2D eigenvalue weighted by Gasteiger charge is 2.40. The molecule has 0 saturated carbocycles. The maximum Gasteiger partial charge on any atom is 0.126 e. The molecule has 3 rings (SSSR count). The van der Waals surface area contributed by atoms with Crippen LogP contribution in [0.3, 0.4) is 0 Å². The smallest absolute Gasteiger partial charge is 0.126 e. The van der Waals surface area contributed by atoms with Crippen molar-refractivity contribution in [2.75, 3.05) is 13.1 Å². The van der Waals surface area contributed by atoms with Crippen LogP contribution in [0.15, 0.2) is 42.5 Å². The van der Waals surface area contributed by atoms with E-state index < -0.39 is 0 Å².